The van der Waals surface area contributed by atoms with Crippen molar-refractivity contribution in [3.63, 3.8) is 0 Å². The first-order chi connectivity index (χ1) is 14.3. The van der Waals surface area contributed by atoms with E-state index < -0.39 is 11.9 Å². The van der Waals surface area contributed by atoms with E-state index in [0.29, 0.717) is 17.9 Å². The van der Waals surface area contributed by atoms with Crippen LogP contribution in [0.25, 0.3) is 5.57 Å². The number of aryl methyl sites for hydroxylation is 2. The lowest BCUT2D eigenvalue weighted by atomic mass is 9.98. The molecule has 0 spiro atoms. The van der Waals surface area contributed by atoms with Crippen LogP contribution >= 0.6 is 0 Å². The molecule has 0 saturated heterocycles. The van der Waals surface area contributed by atoms with Gasteiger partial charge in [-0.05, 0) is 72.1 Å². The summed E-state index contributed by atoms with van der Waals surface area (Å²) in [5.74, 6) is -3.69. The first-order valence-electron chi connectivity index (χ1n) is 10.4. The summed E-state index contributed by atoms with van der Waals surface area (Å²) in [4.78, 5) is 10.8. The van der Waals surface area contributed by atoms with Crippen molar-refractivity contribution in [3.05, 3.63) is 70.3 Å². The number of halogens is 2. The van der Waals surface area contributed by atoms with E-state index in [-0.39, 0.29) is 18.4 Å². The maximum atomic E-state index is 14.1. The van der Waals surface area contributed by atoms with Crippen LogP contribution in [0.3, 0.4) is 0 Å². The fraction of sp³-hybridized carbons (Fsp3) is 0.400. The van der Waals surface area contributed by atoms with Crippen molar-refractivity contribution in [1.82, 2.24) is 0 Å². The van der Waals surface area contributed by atoms with Gasteiger partial charge in [-0.25, -0.2) is 8.78 Å². The number of rotatable bonds is 9. The molecule has 0 saturated carbocycles. The van der Waals surface area contributed by atoms with Gasteiger partial charge in [0.1, 0.15) is 12.4 Å². The number of hydrogen-bond donors (Lipinski definition) is 1. The third-order valence-corrected chi connectivity index (χ3v) is 5.62. The van der Waals surface area contributed by atoms with Gasteiger partial charge < -0.3 is 9.84 Å². The van der Waals surface area contributed by atoms with Crippen molar-refractivity contribution >= 4 is 11.5 Å². The molecule has 0 aliphatic heterocycles. The number of ether oxygens (including phenoxy) is 1. The largest absolute Gasteiger partial charge is 0.489 e. The van der Waals surface area contributed by atoms with E-state index in [2.05, 4.69) is 31.2 Å². The molecule has 0 bridgehead atoms. The number of aliphatic carboxylic acids is 1. The van der Waals surface area contributed by atoms with E-state index in [1.54, 1.807) is 12.1 Å². The molecule has 3 rings (SSSR count). The minimum Gasteiger partial charge on any atom is -0.489 e. The SMILES string of the molecule is CCc1ccc(C2=C(COc3ccc(CCC(=O)O)c(C(C)(F)F)c3)CCC2)cc1. The predicted molar refractivity (Wildman–Crippen MR) is 114 cm³/mol. The zero-order valence-corrected chi connectivity index (χ0v) is 17.5. The molecule has 0 unspecified atom stereocenters. The average Bonchev–Trinajstić information content (AvgIpc) is 3.19. The summed E-state index contributed by atoms with van der Waals surface area (Å²) in [6, 6.07) is 13.1. The lowest BCUT2D eigenvalue weighted by Gasteiger charge is -2.18. The lowest BCUT2D eigenvalue weighted by Crippen LogP contribution is -2.13. The topological polar surface area (TPSA) is 46.5 Å². The zero-order valence-electron chi connectivity index (χ0n) is 17.5. The molecule has 0 atom stereocenters. The van der Waals surface area contributed by atoms with Crippen molar-refractivity contribution in [2.45, 2.75) is 58.3 Å². The molecule has 2 aromatic rings. The van der Waals surface area contributed by atoms with Crippen LogP contribution in [0.1, 0.15) is 61.8 Å². The molecule has 1 N–H and O–H groups in total. The molecule has 5 heteroatoms. The molecule has 3 nitrogen and oxygen atoms in total. The fourth-order valence-corrected chi connectivity index (χ4v) is 3.94. The molecular weight excluding hydrogens is 386 g/mol. The number of benzene rings is 2. The van der Waals surface area contributed by atoms with Crippen LogP contribution in [-0.2, 0) is 23.6 Å². The third kappa shape index (κ3) is 5.47. The molecule has 30 heavy (non-hydrogen) atoms. The summed E-state index contributed by atoms with van der Waals surface area (Å²) >= 11 is 0. The summed E-state index contributed by atoms with van der Waals surface area (Å²) in [5.41, 5.74) is 5.17. The van der Waals surface area contributed by atoms with E-state index in [9.17, 15) is 13.6 Å². The van der Waals surface area contributed by atoms with Gasteiger partial charge in [-0.15, -0.1) is 0 Å². The first kappa shape index (κ1) is 22.0. The highest BCUT2D eigenvalue weighted by atomic mass is 19.3. The van der Waals surface area contributed by atoms with Crippen LogP contribution in [0.5, 0.6) is 5.75 Å². The van der Waals surface area contributed by atoms with Crippen molar-refractivity contribution in [2.24, 2.45) is 0 Å². The molecule has 1 aliphatic rings. The molecule has 160 valence electrons. The van der Waals surface area contributed by atoms with Gasteiger partial charge >= 0.3 is 5.97 Å². The van der Waals surface area contributed by atoms with Gasteiger partial charge in [-0.2, -0.15) is 0 Å². The Morgan fingerprint density at radius 1 is 1.13 bits per heavy atom. The van der Waals surface area contributed by atoms with Gasteiger partial charge in [0, 0.05) is 18.9 Å². The maximum absolute atomic E-state index is 14.1. The van der Waals surface area contributed by atoms with Gasteiger partial charge in [0.05, 0.1) is 0 Å². The molecular formula is C25H28F2O3. The first-order valence-corrected chi connectivity index (χ1v) is 10.4. The summed E-state index contributed by atoms with van der Waals surface area (Å²) < 4.78 is 34.1. The minimum atomic E-state index is -3.06. The van der Waals surface area contributed by atoms with Gasteiger partial charge in [0.2, 0.25) is 0 Å². The van der Waals surface area contributed by atoms with Crippen molar-refractivity contribution in [3.8, 4) is 5.75 Å². The fourth-order valence-electron chi connectivity index (χ4n) is 3.94. The molecule has 2 aromatic carbocycles. The number of hydrogen-bond acceptors (Lipinski definition) is 2. The summed E-state index contributed by atoms with van der Waals surface area (Å²) in [6.07, 6.45) is 3.89. The molecule has 0 amide bonds. The van der Waals surface area contributed by atoms with Crippen LogP contribution < -0.4 is 4.74 Å². The Kier molecular flexibility index (Phi) is 6.91. The second kappa shape index (κ2) is 9.41. The second-order valence-electron chi connectivity index (χ2n) is 7.88. The van der Waals surface area contributed by atoms with Crippen LogP contribution in [0, 0.1) is 0 Å². The highest BCUT2D eigenvalue weighted by Crippen LogP contribution is 2.36. The number of alkyl halides is 2. The zero-order chi connectivity index (χ0) is 21.7. The molecule has 0 aromatic heterocycles. The van der Waals surface area contributed by atoms with E-state index >= 15 is 0 Å². The number of carbonyl (C=O) groups is 1. The minimum absolute atomic E-state index is 0.0669. The molecule has 0 fully saturated rings. The Morgan fingerprint density at radius 3 is 2.50 bits per heavy atom. The Bertz CT molecular complexity index is 924. The normalized spacial score (nSPS) is 14.3. The number of carboxylic acid groups (broad SMARTS) is 1. The standard InChI is InChI=1S/C25H28F2O3/c1-3-17-7-9-18(10-8-17)22-6-4-5-20(22)16-30-21-13-11-19(12-14-24(28)29)23(15-21)25(2,26)27/h7-11,13,15H,3-6,12,14,16H2,1-2H3,(H,28,29). The summed E-state index contributed by atoms with van der Waals surface area (Å²) in [6.45, 7) is 3.33. The second-order valence-corrected chi connectivity index (χ2v) is 7.88. The van der Waals surface area contributed by atoms with Crippen LogP contribution in [0.4, 0.5) is 8.78 Å². The van der Waals surface area contributed by atoms with Crippen molar-refractivity contribution < 1.29 is 23.4 Å². The van der Waals surface area contributed by atoms with Gasteiger partial charge in [0.15, 0.2) is 0 Å². The van der Waals surface area contributed by atoms with E-state index in [1.165, 1.54) is 28.3 Å². The van der Waals surface area contributed by atoms with E-state index in [0.717, 1.165) is 32.6 Å². The Morgan fingerprint density at radius 2 is 1.87 bits per heavy atom. The van der Waals surface area contributed by atoms with E-state index in [4.69, 9.17) is 9.84 Å². The smallest absolute Gasteiger partial charge is 0.303 e. The number of carboxylic acids is 1. The predicted octanol–water partition coefficient (Wildman–Crippen LogP) is 6.39. The Balaban J connectivity index is 1.77. The molecule has 0 heterocycles. The Labute approximate surface area is 176 Å². The number of allylic oxidation sites excluding steroid dienone is 1. The summed E-state index contributed by atoms with van der Waals surface area (Å²) in [5, 5.41) is 8.86. The molecule has 1 aliphatic carbocycles. The van der Waals surface area contributed by atoms with Crippen molar-refractivity contribution in [1.29, 1.82) is 0 Å². The monoisotopic (exact) mass is 414 g/mol. The van der Waals surface area contributed by atoms with Crippen molar-refractivity contribution in [2.75, 3.05) is 6.61 Å². The van der Waals surface area contributed by atoms with Gasteiger partial charge in [0.25, 0.3) is 5.92 Å². The van der Waals surface area contributed by atoms with E-state index in [1.807, 2.05) is 0 Å². The molecule has 0 radical (unpaired) electrons. The van der Waals surface area contributed by atoms with Crippen LogP contribution in [0.15, 0.2) is 48.0 Å². The Hall–Kier alpha value is -2.69. The maximum Gasteiger partial charge on any atom is 0.303 e. The summed E-state index contributed by atoms with van der Waals surface area (Å²) in [7, 11) is 0. The highest BCUT2D eigenvalue weighted by molar-refractivity contribution is 5.71. The quantitative estimate of drug-likeness (QED) is 0.517. The highest BCUT2D eigenvalue weighted by Gasteiger charge is 2.28. The van der Waals surface area contributed by atoms with Crippen LogP contribution in [-0.4, -0.2) is 17.7 Å². The third-order valence-electron chi connectivity index (χ3n) is 5.62. The van der Waals surface area contributed by atoms with Gasteiger partial charge in [-0.1, -0.05) is 37.3 Å². The average molecular weight is 414 g/mol. The van der Waals surface area contributed by atoms with Gasteiger partial charge in [-0.3, -0.25) is 4.79 Å². The lowest BCUT2D eigenvalue weighted by molar-refractivity contribution is -0.137. The van der Waals surface area contributed by atoms with Crippen LogP contribution in [0.2, 0.25) is 0 Å².